The Balaban J connectivity index is 1.84. The van der Waals surface area contributed by atoms with Crippen LogP contribution in [-0.4, -0.2) is 47.8 Å². The highest BCUT2D eigenvalue weighted by Gasteiger charge is 2.29. The standard InChI is InChI=1S/C20H29FN2O2/c1-4-22(5-2)20(25)17-10-12-23(13-11-17)19(24)14-15(3)16-6-8-18(21)9-7-16/h6-9,15,17H,4-5,10-14H2,1-3H3. The average molecular weight is 348 g/mol. The van der Waals surface area contributed by atoms with Gasteiger partial charge in [-0.3, -0.25) is 9.59 Å². The fourth-order valence-corrected chi connectivity index (χ4v) is 3.47. The molecule has 1 aromatic carbocycles. The quantitative estimate of drug-likeness (QED) is 0.790. The molecule has 0 radical (unpaired) electrons. The monoisotopic (exact) mass is 348 g/mol. The molecule has 1 saturated heterocycles. The molecule has 1 aliphatic rings. The molecule has 1 aliphatic heterocycles. The van der Waals surface area contributed by atoms with Crippen molar-refractivity contribution in [1.29, 1.82) is 0 Å². The van der Waals surface area contributed by atoms with Gasteiger partial charge in [0.1, 0.15) is 5.82 Å². The molecule has 0 spiro atoms. The zero-order chi connectivity index (χ0) is 18.4. The topological polar surface area (TPSA) is 40.6 Å². The van der Waals surface area contributed by atoms with Crippen LogP contribution in [-0.2, 0) is 9.59 Å². The van der Waals surface area contributed by atoms with E-state index in [1.807, 2.05) is 30.6 Å². The highest BCUT2D eigenvalue weighted by Crippen LogP contribution is 2.24. The van der Waals surface area contributed by atoms with Gasteiger partial charge in [-0.2, -0.15) is 0 Å². The summed E-state index contributed by atoms with van der Waals surface area (Å²) in [6.45, 7) is 8.75. The maximum Gasteiger partial charge on any atom is 0.225 e. The molecule has 2 rings (SSSR count). The summed E-state index contributed by atoms with van der Waals surface area (Å²) in [4.78, 5) is 28.7. The summed E-state index contributed by atoms with van der Waals surface area (Å²) in [5.41, 5.74) is 0.973. The molecule has 0 N–H and O–H groups in total. The number of hydrogen-bond acceptors (Lipinski definition) is 2. The van der Waals surface area contributed by atoms with Crippen molar-refractivity contribution in [1.82, 2.24) is 9.80 Å². The SMILES string of the molecule is CCN(CC)C(=O)C1CCN(C(=O)CC(C)c2ccc(F)cc2)CC1. The number of carbonyl (C=O) groups is 2. The van der Waals surface area contributed by atoms with Gasteiger partial charge in [-0.05, 0) is 50.3 Å². The van der Waals surface area contributed by atoms with Crippen LogP contribution in [0.2, 0.25) is 0 Å². The van der Waals surface area contributed by atoms with Gasteiger partial charge >= 0.3 is 0 Å². The van der Waals surface area contributed by atoms with E-state index < -0.39 is 0 Å². The minimum absolute atomic E-state index is 0.0403. The van der Waals surface area contributed by atoms with Gasteiger partial charge in [-0.15, -0.1) is 0 Å². The van der Waals surface area contributed by atoms with E-state index >= 15 is 0 Å². The Labute approximate surface area is 150 Å². The number of halogens is 1. The molecule has 4 nitrogen and oxygen atoms in total. The molecule has 0 bridgehead atoms. The van der Waals surface area contributed by atoms with Crippen molar-refractivity contribution in [2.24, 2.45) is 5.92 Å². The van der Waals surface area contributed by atoms with Crippen molar-refractivity contribution in [3.05, 3.63) is 35.6 Å². The summed E-state index contributed by atoms with van der Waals surface area (Å²) in [6, 6.07) is 6.34. The zero-order valence-electron chi connectivity index (χ0n) is 15.5. The van der Waals surface area contributed by atoms with Gasteiger partial charge in [0, 0.05) is 38.5 Å². The molecule has 1 atom stereocenters. The van der Waals surface area contributed by atoms with Gasteiger partial charge in [-0.25, -0.2) is 4.39 Å². The predicted molar refractivity (Wildman–Crippen MR) is 96.7 cm³/mol. The van der Waals surface area contributed by atoms with Crippen LogP contribution in [0.15, 0.2) is 24.3 Å². The van der Waals surface area contributed by atoms with E-state index in [2.05, 4.69) is 0 Å². The van der Waals surface area contributed by atoms with Crippen LogP contribution in [0.25, 0.3) is 0 Å². The van der Waals surface area contributed by atoms with E-state index in [9.17, 15) is 14.0 Å². The second-order valence-corrected chi connectivity index (χ2v) is 6.82. The summed E-state index contributed by atoms with van der Waals surface area (Å²) in [6.07, 6.45) is 1.90. The van der Waals surface area contributed by atoms with E-state index in [1.165, 1.54) is 12.1 Å². The Hall–Kier alpha value is -1.91. The molecule has 0 saturated carbocycles. The molecule has 1 aromatic rings. The third-order valence-electron chi connectivity index (χ3n) is 5.19. The lowest BCUT2D eigenvalue weighted by atomic mass is 9.93. The smallest absolute Gasteiger partial charge is 0.225 e. The van der Waals surface area contributed by atoms with Crippen LogP contribution in [0.5, 0.6) is 0 Å². The van der Waals surface area contributed by atoms with Crippen LogP contribution < -0.4 is 0 Å². The van der Waals surface area contributed by atoms with Crippen molar-refractivity contribution in [2.45, 2.75) is 46.0 Å². The Bertz CT molecular complexity index is 576. The van der Waals surface area contributed by atoms with E-state index in [0.29, 0.717) is 19.5 Å². The summed E-state index contributed by atoms with van der Waals surface area (Å²) in [5.74, 6) is 0.172. The second-order valence-electron chi connectivity index (χ2n) is 6.82. The Morgan fingerprint density at radius 1 is 1.16 bits per heavy atom. The van der Waals surface area contributed by atoms with Gasteiger partial charge < -0.3 is 9.80 Å². The van der Waals surface area contributed by atoms with Gasteiger partial charge in [0.15, 0.2) is 0 Å². The molecule has 2 amide bonds. The van der Waals surface area contributed by atoms with Gasteiger partial charge in [0.05, 0.1) is 0 Å². The van der Waals surface area contributed by atoms with Gasteiger partial charge in [0.2, 0.25) is 11.8 Å². The summed E-state index contributed by atoms with van der Waals surface area (Å²) in [7, 11) is 0. The molecule has 1 heterocycles. The van der Waals surface area contributed by atoms with Crippen molar-refractivity contribution >= 4 is 11.8 Å². The van der Waals surface area contributed by atoms with Crippen LogP contribution in [0.4, 0.5) is 4.39 Å². The molecule has 0 aliphatic carbocycles. The van der Waals surface area contributed by atoms with Crippen molar-refractivity contribution in [2.75, 3.05) is 26.2 Å². The molecule has 138 valence electrons. The normalized spacial score (nSPS) is 16.6. The Morgan fingerprint density at radius 3 is 2.24 bits per heavy atom. The average Bonchev–Trinajstić information content (AvgIpc) is 2.63. The Morgan fingerprint density at radius 2 is 1.72 bits per heavy atom. The first-order valence-corrected chi connectivity index (χ1v) is 9.28. The molecule has 1 unspecified atom stereocenters. The van der Waals surface area contributed by atoms with E-state index in [4.69, 9.17) is 0 Å². The number of carbonyl (C=O) groups excluding carboxylic acids is 2. The third-order valence-corrected chi connectivity index (χ3v) is 5.19. The van der Waals surface area contributed by atoms with Crippen LogP contribution >= 0.6 is 0 Å². The zero-order valence-corrected chi connectivity index (χ0v) is 15.5. The van der Waals surface area contributed by atoms with Gasteiger partial charge in [-0.1, -0.05) is 19.1 Å². The lowest BCUT2D eigenvalue weighted by Gasteiger charge is -2.34. The molecule has 5 heteroatoms. The number of hydrogen-bond donors (Lipinski definition) is 0. The van der Waals surface area contributed by atoms with Crippen molar-refractivity contribution < 1.29 is 14.0 Å². The van der Waals surface area contributed by atoms with Crippen molar-refractivity contribution in [3.8, 4) is 0 Å². The number of likely N-dealkylation sites (tertiary alicyclic amines) is 1. The second kappa shape index (κ2) is 8.97. The number of rotatable bonds is 6. The first-order valence-electron chi connectivity index (χ1n) is 9.28. The lowest BCUT2D eigenvalue weighted by molar-refractivity contribution is -0.140. The van der Waals surface area contributed by atoms with Gasteiger partial charge in [0.25, 0.3) is 0 Å². The minimum atomic E-state index is -0.262. The predicted octanol–water partition coefficient (Wildman–Crippen LogP) is 3.43. The fourth-order valence-electron chi connectivity index (χ4n) is 3.47. The van der Waals surface area contributed by atoms with E-state index in [0.717, 1.165) is 31.5 Å². The third kappa shape index (κ3) is 5.03. The maximum atomic E-state index is 13.0. The first kappa shape index (κ1) is 19.4. The van der Waals surface area contributed by atoms with Crippen LogP contribution in [0.1, 0.15) is 51.5 Å². The fraction of sp³-hybridized carbons (Fsp3) is 0.600. The molecule has 1 fully saturated rings. The summed E-state index contributed by atoms with van der Waals surface area (Å²) < 4.78 is 13.0. The number of piperidine rings is 1. The first-order chi connectivity index (χ1) is 12.0. The summed E-state index contributed by atoms with van der Waals surface area (Å²) in [5, 5.41) is 0. The molecule has 0 aromatic heterocycles. The highest BCUT2D eigenvalue weighted by atomic mass is 19.1. The van der Waals surface area contributed by atoms with Crippen molar-refractivity contribution in [3.63, 3.8) is 0 Å². The largest absolute Gasteiger partial charge is 0.343 e. The maximum absolute atomic E-state index is 13.0. The highest BCUT2D eigenvalue weighted by molar-refractivity contribution is 5.80. The van der Waals surface area contributed by atoms with Crippen LogP contribution in [0.3, 0.4) is 0 Å². The number of benzene rings is 1. The summed E-state index contributed by atoms with van der Waals surface area (Å²) >= 11 is 0. The molecular formula is C20H29FN2O2. The van der Waals surface area contributed by atoms with E-state index in [1.54, 1.807) is 12.1 Å². The minimum Gasteiger partial charge on any atom is -0.343 e. The Kier molecular flexibility index (Phi) is 6.97. The lowest BCUT2D eigenvalue weighted by Crippen LogP contribution is -2.44. The molecular weight excluding hydrogens is 319 g/mol. The number of amides is 2. The molecule has 25 heavy (non-hydrogen) atoms. The van der Waals surface area contributed by atoms with E-state index in [-0.39, 0.29) is 29.5 Å². The number of nitrogens with zero attached hydrogens (tertiary/aromatic N) is 2. The van der Waals surface area contributed by atoms with Crippen LogP contribution in [0, 0.1) is 11.7 Å².